The van der Waals surface area contributed by atoms with Gasteiger partial charge in [0.25, 0.3) is 0 Å². The highest BCUT2D eigenvalue weighted by molar-refractivity contribution is 9.10. The van der Waals surface area contributed by atoms with Crippen LogP contribution in [0.5, 0.6) is 0 Å². The molecule has 4 heteroatoms. The predicted octanol–water partition coefficient (Wildman–Crippen LogP) is 3.39. The van der Waals surface area contributed by atoms with E-state index in [0.717, 1.165) is 23.1 Å². The largest absolute Gasteiger partial charge is 0.481 e. The average molecular weight is 300 g/mol. The van der Waals surface area contributed by atoms with Crippen molar-refractivity contribution in [1.82, 2.24) is 0 Å². The molecule has 0 heterocycles. The summed E-state index contributed by atoms with van der Waals surface area (Å²) in [7, 11) is 0. The Morgan fingerprint density at radius 3 is 2.65 bits per heavy atom. The van der Waals surface area contributed by atoms with Crippen LogP contribution in [-0.2, 0) is 4.79 Å². The van der Waals surface area contributed by atoms with Gasteiger partial charge in [0, 0.05) is 17.6 Å². The normalized spacial score (nSPS) is 12.2. The first-order valence-corrected chi connectivity index (χ1v) is 6.57. The molecule has 1 aromatic rings. The van der Waals surface area contributed by atoms with Crippen LogP contribution in [0.15, 0.2) is 28.7 Å². The number of benzene rings is 1. The van der Waals surface area contributed by atoms with E-state index in [1.807, 2.05) is 24.3 Å². The standard InChI is InChI=1S/C13H18BrNO2/c1-3-8-15(9-10(2)13(16)17)12-7-5-4-6-11(12)14/h4-7,10H,3,8-9H2,1-2H3,(H,16,17). The number of halogens is 1. The van der Waals surface area contributed by atoms with Crippen molar-refractivity contribution in [1.29, 1.82) is 0 Å². The number of rotatable bonds is 6. The molecule has 1 atom stereocenters. The van der Waals surface area contributed by atoms with Gasteiger partial charge in [-0.2, -0.15) is 0 Å². The minimum atomic E-state index is -0.752. The maximum Gasteiger partial charge on any atom is 0.308 e. The van der Waals surface area contributed by atoms with Crippen LogP contribution in [0.2, 0.25) is 0 Å². The van der Waals surface area contributed by atoms with Crippen LogP contribution in [0.1, 0.15) is 20.3 Å². The van der Waals surface area contributed by atoms with E-state index in [2.05, 4.69) is 27.8 Å². The molecule has 3 nitrogen and oxygen atoms in total. The number of carboxylic acid groups (broad SMARTS) is 1. The van der Waals surface area contributed by atoms with Crippen LogP contribution >= 0.6 is 15.9 Å². The molecule has 0 saturated heterocycles. The summed E-state index contributed by atoms with van der Waals surface area (Å²) in [5, 5.41) is 8.98. The van der Waals surface area contributed by atoms with E-state index in [0.29, 0.717) is 6.54 Å². The van der Waals surface area contributed by atoms with Gasteiger partial charge in [-0.1, -0.05) is 26.0 Å². The van der Waals surface area contributed by atoms with E-state index >= 15 is 0 Å². The van der Waals surface area contributed by atoms with Gasteiger partial charge in [-0.05, 0) is 34.5 Å². The van der Waals surface area contributed by atoms with Crippen LogP contribution in [0.3, 0.4) is 0 Å². The third kappa shape index (κ3) is 4.04. The second kappa shape index (κ2) is 6.64. The number of hydrogen-bond acceptors (Lipinski definition) is 2. The van der Waals surface area contributed by atoms with E-state index in [-0.39, 0.29) is 5.92 Å². The number of nitrogens with zero attached hydrogens (tertiary/aromatic N) is 1. The van der Waals surface area contributed by atoms with Crippen molar-refractivity contribution < 1.29 is 9.90 Å². The maximum absolute atomic E-state index is 10.9. The zero-order chi connectivity index (χ0) is 12.8. The molecule has 0 aliphatic heterocycles. The molecule has 1 rings (SSSR count). The van der Waals surface area contributed by atoms with Crippen molar-refractivity contribution >= 4 is 27.6 Å². The van der Waals surface area contributed by atoms with E-state index < -0.39 is 5.97 Å². The quantitative estimate of drug-likeness (QED) is 0.875. The zero-order valence-electron chi connectivity index (χ0n) is 10.2. The molecular weight excluding hydrogens is 282 g/mol. The van der Waals surface area contributed by atoms with Crippen molar-refractivity contribution in [3.05, 3.63) is 28.7 Å². The van der Waals surface area contributed by atoms with Gasteiger partial charge in [-0.15, -0.1) is 0 Å². The molecule has 0 fully saturated rings. The van der Waals surface area contributed by atoms with Crippen molar-refractivity contribution in [2.75, 3.05) is 18.0 Å². The van der Waals surface area contributed by atoms with E-state index in [1.165, 1.54) is 0 Å². The first kappa shape index (κ1) is 14.0. The number of hydrogen-bond donors (Lipinski definition) is 1. The predicted molar refractivity (Wildman–Crippen MR) is 73.4 cm³/mol. The summed E-state index contributed by atoms with van der Waals surface area (Å²) in [6.45, 7) is 5.23. The second-order valence-electron chi connectivity index (χ2n) is 4.14. The lowest BCUT2D eigenvalue weighted by molar-refractivity contribution is -0.140. The third-order valence-electron chi connectivity index (χ3n) is 2.60. The van der Waals surface area contributed by atoms with Gasteiger partial charge in [-0.25, -0.2) is 0 Å². The van der Waals surface area contributed by atoms with E-state index in [1.54, 1.807) is 6.92 Å². The Bertz CT molecular complexity index is 381. The van der Waals surface area contributed by atoms with Crippen LogP contribution in [0.25, 0.3) is 0 Å². The van der Waals surface area contributed by atoms with Crippen molar-refractivity contribution in [2.45, 2.75) is 20.3 Å². The monoisotopic (exact) mass is 299 g/mol. The van der Waals surface area contributed by atoms with E-state index in [9.17, 15) is 4.79 Å². The average Bonchev–Trinajstić information content (AvgIpc) is 2.29. The number of para-hydroxylation sites is 1. The minimum Gasteiger partial charge on any atom is -0.481 e. The molecule has 0 bridgehead atoms. The molecule has 0 aliphatic rings. The molecule has 1 N–H and O–H groups in total. The van der Waals surface area contributed by atoms with Gasteiger partial charge < -0.3 is 10.0 Å². The number of aliphatic carboxylic acids is 1. The Hall–Kier alpha value is -1.03. The number of carbonyl (C=O) groups is 1. The summed E-state index contributed by atoms with van der Waals surface area (Å²) >= 11 is 3.50. The van der Waals surface area contributed by atoms with Gasteiger partial charge in [0.05, 0.1) is 11.6 Å². The summed E-state index contributed by atoms with van der Waals surface area (Å²) < 4.78 is 1.01. The lowest BCUT2D eigenvalue weighted by atomic mass is 10.1. The van der Waals surface area contributed by atoms with Gasteiger partial charge in [0.2, 0.25) is 0 Å². The topological polar surface area (TPSA) is 40.5 Å². The Morgan fingerprint density at radius 2 is 2.12 bits per heavy atom. The lowest BCUT2D eigenvalue weighted by Crippen LogP contribution is -2.32. The van der Waals surface area contributed by atoms with Gasteiger partial charge >= 0.3 is 5.97 Å². The van der Waals surface area contributed by atoms with Crippen LogP contribution in [-0.4, -0.2) is 24.2 Å². The first-order valence-electron chi connectivity index (χ1n) is 5.78. The van der Waals surface area contributed by atoms with Crippen molar-refractivity contribution in [3.63, 3.8) is 0 Å². The first-order chi connectivity index (χ1) is 8.06. The molecular formula is C13H18BrNO2. The SMILES string of the molecule is CCCN(CC(C)C(=O)O)c1ccccc1Br. The van der Waals surface area contributed by atoms with Crippen LogP contribution in [0.4, 0.5) is 5.69 Å². The Morgan fingerprint density at radius 1 is 1.47 bits per heavy atom. The molecule has 1 unspecified atom stereocenters. The van der Waals surface area contributed by atoms with Gasteiger partial charge in [0.15, 0.2) is 0 Å². The Labute approximate surface area is 111 Å². The van der Waals surface area contributed by atoms with Gasteiger partial charge in [0.1, 0.15) is 0 Å². The summed E-state index contributed by atoms with van der Waals surface area (Å²) in [5.41, 5.74) is 1.06. The van der Waals surface area contributed by atoms with Crippen LogP contribution < -0.4 is 4.90 Å². The van der Waals surface area contributed by atoms with Crippen LogP contribution in [0, 0.1) is 5.92 Å². The summed E-state index contributed by atoms with van der Waals surface area (Å²) in [4.78, 5) is 13.0. The zero-order valence-corrected chi connectivity index (χ0v) is 11.8. The Balaban J connectivity index is 2.86. The fourth-order valence-corrected chi connectivity index (χ4v) is 2.23. The molecule has 0 saturated carbocycles. The molecule has 0 aliphatic carbocycles. The van der Waals surface area contributed by atoms with Gasteiger partial charge in [-0.3, -0.25) is 4.79 Å². The maximum atomic E-state index is 10.9. The molecule has 94 valence electrons. The molecule has 0 spiro atoms. The molecule has 0 aromatic heterocycles. The summed E-state index contributed by atoms with van der Waals surface area (Å²) in [6.07, 6.45) is 0.994. The number of anilines is 1. The highest BCUT2D eigenvalue weighted by Gasteiger charge is 2.17. The number of carboxylic acids is 1. The van der Waals surface area contributed by atoms with E-state index in [4.69, 9.17) is 5.11 Å². The fourth-order valence-electron chi connectivity index (χ4n) is 1.70. The molecule has 17 heavy (non-hydrogen) atoms. The lowest BCUT2D eigenvalue weighted by Gasteiger charge is -2.27. The summed E-state index contributed by atoms with van der Waals surface area (Å²) in [5.74, 6) is -1.12. The summed E-state index contributed by atoms with van der Waals surface area (Å²) in [6, 6.07) is 7.91. The molecule has 1 aromatic carbocycles. The highest BCUT2D eigenvalue weighted by atomic mass is 79.9. The minimum absolute atomic E-state index is 0.367. The fraction of sp³-hybridized carbons (Fsp3) is 0.462. The van der Waals surface area contributed by atoms with Crippen molar-refractivity contribution in [2.24, 2.45) is 5.92 Å². The highest BCUT2D eigenvalue weighted by Crippen LogP contribution is 2.26. The smallest absolute Gasteiger partial charge is 0.308 e. The molecule has 0 amide bonds. The second-order valence-corrected chi connectivity index (χ2v) is 4.99. The molecule has 0 radical (unpaired) electrons. The van der Waals surface area contributed by atoms with Crippen molar-refractivity contribution in [3.8, 4) is 0 Å². The Kier molecular flexibility index (Phi) is 5.48. The third-order valence-corrected chi connectivity index (χ3v) is 3.27.